The summed E-state index contributed by atoms with van der Waals surface area (Å²) >= 11 is 3.30. The number of hydrogen-bond acceptors (Lipinski definition) is 9. The van der Waals surface area contributed by atoms with Gasteiger partial charge in [-0.1, -0.05) is 62.6 Å². The number of nitro benzene ring substituents is 1. The lowest BCUT2D eigenvalue weighted by Gasteiger charge is -2.11. The molecule has 0 unspecified atom stereocenters. The molecule has 1 heterocycles. The van der Waals surface area contributed by atoms with Crippen molar-refractivity contribution in [1.82, 2.24) is 9.71 Å². The summed E-state index contributed by atoms with van der Waals surface area (Å²) in [7, 11) is -4.38. The van der Waals surface area contributed by atoms with Crippen LogP contribution >= 0.6 is 23.1 Å². The maximum Gasteiger partial charge on any atom is 0.293 e. The fraction of sp³-hybridized carbons (Fsp3) is 0.235. The van der Waals surface area contributed by atoms with Gasteiger partial charge in [0.2, 0.25) is 0 Å². The molecule has 5 rings (SSSR count). The van der Waals surface area contributed by atoms with E-state index in [1.165, 1.54) is 31.4 Å². The van der Waals surface area contributed by atoms with Gasteiger partial charge in [0.1, 0.15) is 5.69 Å². The third-order valence-corrected chi connectivity index (χ3v) is 10.7. The van der Waals surface area contributed by atoms with E-state index in [-0.39, 0.29) is 16.1 Å². The SMILES string of the molecule is CCCCCCc1nc2cc(-c3ccc(C(=O)NS(=O)(=O)c4ccc(NCCSc5ccccc5)c([N+](=O)[O-])c4)cc3)ccc2s1. The quantitative estimate of drug-likeness (QED) is 0.0491. The number of benzene rings is 4. The molecule has 12 heteroatoms. The summed E-state index contributed by atoms with van der Waals surface area (Å²) in [5.74, 6) is -0.188. The van der Waals surface area contributed by atoms with Gasteiger partial charge in [0, 0.05) is 28.8 Å². The van der Waals surface area contributed by atoms with E-state index in [4.69, 9.17) is 4.98 Å². The summed E-state index contributed by atoms with van der Waals surface area (Å²) < 4.78 is 29.3. The van der Waals surface area contributed by atoms with E-state index in [0.29, 0.717) is 12.3 Å². The second-order valence-electron chi connectivity index (χ2n) is 10.6. The van der Waals surface area contributed by atoms with Gasteiger partial charge in [-0.25, -0.2) is 18.1 Å². The van der Waals surface area contributed by atoms with Crippen LogP contribution in [0.1, 0.15) is 48.0 Å². The van der Waals surface area contributed by atoms with E-state index in [1.807, 2.05) is 47.2 Å². The summed E-state index contributed by atoms with van der Waals surface area (Å²) in [4.78, 5) is 29.5. The topological polar surface area (TPSA) is 131 Å². The lowest BCUT2D eigenvalue weighted by Crippen LogP contribution is -2.30. The minimum atomic E-state index is -4.38. The zero-order chi connectivity index (χ0) is 32.5. The molecule has 0 aliphatic heterocycles. The molecule has 46 heavy (non-hydrogen) atoms. The predicted molar refractivity (Wildman–Crippen MR) is 186 cm³/mol. The number of aromatic nitrogens is 1. The van der Waals surface area contributed by atoms with Crippen molar-refractivity contribution in [3.8, 4) is 11.1 Å². The molecule has 0 saturated heterocycles. The number of nitrogens with one attached hydrogen (secondary N) is 2. The fourth-order valence-electron chi connectivity index (χ4n) is 4.87. The average Bonchev–Trinajstić information content (AvgIpc) is 3.47. The highest BCUT2D eigenvalue weighted by atomic mass is 32.2. The van der Waals surface area contributed by atoms with Crippen LogP contribution < -0.4 is 10.0 Å². The maximum atomic E-state index is 13.0. The van der Waals surface area contributed by atoms with Gasteiger partial charge in [-0.3, -0.25) is 14.9 Å². The van der Waals surface area contributed by atoms with Gasteiger partial charge >= 0.3 is 0 Å². The lowest BCUT2D eigenvalue weighted by atomic mass is 10.0. The molecule has 0 atom stereocenters. The molecule has 238 valence electrons. The summed E-state index contributed by atoms with van der Waals surface area (Å²) in [6.45, 7) is 2.62. The first-order chi connectivity index (χ1) is 22.2. The van der Waals surface area contributed by atoms with Crippen molar-refractivity contribution in [3.05, 3.63) is 112 Å². The number of anilines is 1. The van der Waals surface area contributed by atoms with E-state index in [1.54, 1.807) is 47.4 Å². The Morgan fingerprint density at radius 3 is 2.43 bits per heavy atom. The number of thiazole rings is 1. The third-order valence-electron chi connectivity index (χ3n) is 7.29. The molecule has 0 aliphatic carbocycles. The standard InChI is InChI=1S/C34H34N4O5S3/c1-2-3-4-8-11-33-36-30-22-26(16-19-32(30)45-33)24-12-14-25(15-13-24)34(39)37-46(42,43)28-17-18-29(31(23-28)38(40)41)35-20-21-44-27-9-6-5-7-10-27/h5-7,9-10,12-19,22-23,35H,2-4,8,11,20-21H2,1H3,(H,37,39). The minimum Gasteiger partial charge on any atom is -0.379 e. The van der Waals surface area contributed by atoms with Crippen LogP contribution in [-0.4, -0.2) is 36.5 Å². The molecule has 1 aromatic heterocycles. The summed E-state index contributed by atoms with van der Waals surface area (Å²) in [5.41, 5.74) is 2.67. The summed E-state index contributed by atoms with van der Waals surface area (Å²) in [5, 5.41) is 15.9. The number of carbonyl (C=O) groups excluding carboxylic acids is 1. The van der Waals surface area contributed by atoms with Crippen molar-refractivity contribution < 1.29 is 18.1 Å². The van der Waals surface area contributed by atoms with Crippen molar-refractivity contribution in [2.24, 2.45) is 0 Å². The van der Waals surface area contributed by atoms with E-state index in [9.17, 15) is 23.3 Å². The van der Waals surface area contributed by atoms with Crippen LogP contribution in [0.2, 0.25) is 0 Å². The van der Waals surface area contributed by atoms with Crippen LogP contribution in [0.5, 0.6) is 0 Å². The largest absolute Gasteiger partial charge is 0.379 e. The number of hydrogen-bond donors (Lipinski definition) is 2. The molecule has 5 aromatic rings. The summed E-state index contributed by atoms with van der Waals surface area (Å²) in [6, 6.07) is 26.0. The molecule has 9 nitrogen and oxygen atoms in total. The zero-order valence-electron chi connectivity index (χ0n) is 25.3. The van der Waals surface area contributed by atoms with Gasteiger partial charge in [0.15, 0.2) is 0 Å². The highest BCUT2D eigenvalue weighted by Gasteiger charge is 2.24. The Morgan fingerprint density at radius 1 is 0.935 bits per heavy atom. The van der Waals surface area contributed by atoms with Crippen molar-refractivity contribution in [2.45, 2.75) is 48.8 Å². The van der Waals surface area contributed by atoms with Crippen molar-refractivity contribution in [1.29, 1.82) is 0 Å². The number of amides is 1. The molecule has 0 aliphatic rings. The van der Waals surface area contributed by atoms with Crippen molar-refractivity contribution >= 4 is 60.6 Å². The molecular weight excluding hydrogens is 641 g/mol. The van der Waals surface area contributed by atoms with Crippen molar-refractivity contribution in [3.63, 3.8) is 0 Å². The van der Waals surface area contributed by atoms with Crippen LogP contribution in [0.3, 0.4) is 0 Å². The molecule has 0 bridgehead atoms. The predicted octanol–water partition coefficient (Wildman–Crippen LogP) is 8.32. The number of aryl methyl sites for hydroxylation is 1. The van der Waals surface area contributed by atoms with E-state index >= 15 is 0 Å². The minimum absolute atomic E-state index is 0.139. The maximum absolute atomic E-state index is 13.0. The van der Waals surface area contributed by atoms with Crippen LogP contribution in [0.15, 0.2) is 101 Å². The van der Waals surface area contributed by atoms with Crippen molar-refractivity contribution in [2.75, 3.05) is 17.6 Å². The highest BCUT2D eigenvalue weighted by molar-refractivity contribution is 7.99. The molecule has 2 N–H and O–H groups in total. The second-order valence-corrected chi connectivity index (χ2v) is 14.6. The average molecular weight is 675 g/mol. The van der Waals surface area contributed by atoms with Crippen LogP contribution in [0.4, 0.5) is 11.4 Å². The first-order valence-corrected chi connectivity index (χ1v) is 18.3. The molecule has 0 fully saturated rings. The Hall–Kier alpha value is -4.26. The third kappa shape index (κ3) is 8.51. The molecule has 4 aromatic carbocycles. The number of rotatable bonds is 15. The number of sulfonamides is 1. The van der Waals surface area contributed by atoms with Crippen LogP contribution in [0.25, 0.3) is 21.3 Å². The molecular formula is C34H34N4O5S3. The lowest BCUT2D eigenvalue weighted by molar-refractivity contribution is -0.384. The van der Waals surface area contributed by atoms with E-state index in [2.05, 4.69) is 18.3 Å². The first kappa shape index (κ1) is 33.1. The number of thioether (sulfide) groups is 1. The summed E-state index contributed by atoms with van der Waals surface area (Å²) in [6.07, 6.45) is 5.75. The Labute approximate surface area is 276 Å². The zero-order valence-corrected chi connectivity index (χ0v) is 27.7. The van der Waals surface area contributed by atoms with Gasteiger partial charge < -0.3 is 5.32 Å². The van der Waals surface area contributed by atoms with E-state index < -0.39 is 26.5 Å². The Morgan fingerprint density at radius 2 is 1.70 bits per heavy atom. The first-order valence-electron chi connectivity index (χ1n) is 15.0. The number of nitro groups is 1. The number of fused-ring (bicyclic) bond motifs is 1. The number of unbranched alkanes of at least 4 members (excludes halogenated alkanes) is 3. The number of carbonyl (C=O) groups is 1. The molecule has 0 saturated carbocycles. The van der Waals surface area contributed by atoms with Gasteiger partial charge in [-0.05, 0) is 72.5 Å². The van der Waals surface area contributed by atoms with Gasteiger partial charge in [-0.15, -0.1) is 23.1 Å². The molecule has 1 amide bonds. The van der Waals surface area contributed by atoms with Gasteiger partial charge in [0.05, 0.1) is 25.0 Å². The molecule has 0 spiro atoms. The Balaban J connectivity index is 1.22. The Kier molecular flexibility index (Phi) is 11.1. The van der Waals surface area contributed by atoms with E-state index in [0.717, 1.165) is 50.2 Å². The van der Waals surface area contributed by atoms with Crippen LogP contribution in [-0.2, 0) is 16.4 Å². The normalized spacial score (nSPS) is 11.4. The van der Waals surface area contributed by atoms with Gasteiger partial charge in [-0.2, -0.15) is 0 Å². The smallest absolute Gasteiger partial charge is 0.293 e. The Bertz CT molecular complexity index is 1930. The van der Waals surface area contributed by atoms with Gasteiger partial charge in [0.25, 0.3) is 21.6 Å². The highest BCUT2D eigenvalue weighted by Crippen LogP contribution is 2.30. The monoisotopic (exact) mass is 674 g/mol. The fourth-order valence-corrected chi connectivity index (χ4v) is 7.64. The van der Waals surface area contributed by atoms with Crippen LogP contribution in [0, 0.1) is 10.1 Å². The number of nitrogens with zero attached hydrogens (tertiary/aromatic N) is 2. The second kappa shape index (κ2) is 15.4. The molecule has 0 radical (unpaired) electrons.